The number of hydrogen-bond acceptors (Lipinski definition) is 6. The summed E-state index contributed by atoms with van der Waals surface area (Å²) in [5.41, 5.74) is 0.0654. The number of imidazole rings is 1. The van der Waals surface area contributed by atoms with Crippen molar-refractivity contribution in [3.63, 3.8) is 0 Å². The molecule has 0 aliphatic carbocycles. The Morgan fingerprint density at radius 2 is 1.91 bits per heavy atom. The van der Waals surface area contributed by atoms with Gasteiger partial charge in [0.15, 0.2) is 5.65 Å². The maximum Gasteiger partial charge on any atom is 0.349 e. The van der Waals surface area contributed by atoms with Crippen molar-refractivity contribution in [2.24, 2.45) is 14.1 Å². The highest BCUT2D eigenvalue weighted by molar-refractivity contribution is 5.99. The van der Waals surface area contributed by atoms with Gasteiger partial charge in [-0.2, -0.15) is 0 Å². The molecule has 0 spiro atoms. The smallest absolute Gasteiger partial charge is 0.349 e. The minimum Gasteiger partial charge on any atom is -0.422 e. The zero-order valence-electron chi connectivity index (χ0n) is 18.5. The quantitative estimate of drug-likeness (QED) is 0.462. The van der Waals surface area contributed by atoms with E-state index in [4.69, 9.17) is 4.42 Å². The van der Waals surface area contributed by atoms with E-state index in [1.54, 1.807) is 31.0 Å². The summed E-state index contributed by atoms with van der Waals surface area (Å²) in [6, 6.07) is 7.13. The molecule has 0 saturated carbocycles. The van der Waals surface area contributed by atoms with E-state index < -0.39 is 16.9 Å². The first-order chi connectivity index (χ1) is 15.8. The van der Waals surface area contributed by atoms with Gasteiger partial charge in [-0.1, -0.05) is 18.2 Å². The predicted molar refractivity (Wildman–Crippen MR) is 122 cm³/mol. The van der Waals surface area contributed by atoms with Crippen LogP contribution in [0, 0.1) is 6.92 Å². The molecule has 1 aliphatic heterocycles. The van der Waals surface area contributed by atoms with Crippen LogP contribution in [0.15, 0.2) is 43.1 Å². The highest BCUT2D eigenvalue weighted by Gasteiger charge is 2.31. The van der Waals surface area contributed by atoms with Gasteiger partial charge < -0.3 is 14.3 Å². The van der Waals surface area contributed by atoms with Gasteiger partial charge in [0.25, 0.3) is 11.5 Å². The van der Waals surface area contributed by atoms with Crippen LogP contribution in [0.25, 0.3) is 22.1 Å². The number of nitrogens with zero attached hydrogens (tertiary/aromatic N) is 4. The molecule has 5 rings (SSSR count). The molecule has 1 amide bonds. The lowest BCUT2D eigenvalue weighted by Gasteiger charge is -2.32. The number of carbonyl (C=O) groups excluding carboxylic acids is 1. The highest BCUT2D eigenvalue weighted by atomic mass is 16.4. The van der Waals surface area contributed by atoms with Gasteiger partial charge in [-0.25, -0.2) is 14.6 Å². The van der Waals surface area contributed by atoms with Gasteiger partial charge in [-0.05, 0) is 31.4 Å². The van der Waals surface area contributed by atoms with Crippen LogP contribution in [0.2, 0.25) is 0 Å². The van der Waals surface area contributed by atoms with E-state index in [0.29, 0.717) is 36.5 Å². The highest BCUT2D eigenvalue weighted by Crippen LogP contribution is 2.28. The molecule has 0 bridgehead atoms. The Kier molecular flexibility index (Phi) is 4.80. The van der Waals surface area contributed by atoms with Crippen LogP contribution in [0.1, 0.15) is 40.5 Å². The monoisotopic (exact) mass is 449 g/mol. The Morgan fingerprint density at radius 1 is 1.15 bits per heavy atom. The predicted octanol–water partition coefficient (Wildman–Crippen LogP) is 1.39. The Labute approximate surface area is 187 Å². The van der Waals surface area contributed by atoms with Crippen LogP contribution in [-0.4, -0.2) is 43.0 Å². The Hall–Kier alpha value is -3.95. The first kappa shape index (κ1) is 20.9. The van der Waals surface area contributed by atoms with Crippen LogP contribution in [0.5, 0.6) is 0 Å². The lowest BCUT2D eigenvalue weighted by molar-refractivity contribution is 0.0700. The number of piperidine rings is 1. The number of aromatic nitrogens is 4. The van der Waals surface area contributed by atoms with E-state index in [1.165, 1.54) is 11.6 Å². The topological polar surface area (TPSA) is 123 Å². The van der Waals surface area contributed by atoms with Gasteiger partial charge in [0.1, 0.15) is 22.5 Å². The Balaban J connectivity index is 1.51. The minimum absolute atomic E-state index is 0.0372. The molecule has 1 atom stereocenters. The third-order valence-electron chi connectivity index (χ3n) is 6.50. The van der Waals surface area contributed by atoms with Crippen molar-refractivity contribution in [2.75, 3.05) is 13.1 Å². The third kappa shape index (κ3) is 3.21. The fraction of sp³-hybridized carbons (Fsp3) is 0.348. The van der Waals surface area contributed by atoms with Crippen molar-refractivity contribution >= 4 is 28.0 Å². The van der Waals surface area contributed by atoms with E-state index in [2.05, 4.69) is 9.97 Å². The largest absolute Gasteiger partial charge is 0.422 e. The molecule has 33 heavy (non-hydrogen) atoms. The van der Waals surface area contributed by atoms with Gasteiger partial charge in [-0.3, -0.25) is 18.7 Å². The Morgan fingerprint density at radius 3 is 2.70 bits per heavy atom. The minimum atomic E-state index is -0.652. The summed E-state index contributed by atoms with van der Waals surface area (Å²) in [5.74, 6) is 0.00177. The van der Waals surface area contributed by atoms with Gasteiger partial charge in [-0.15, -0.1) is 0 Å². The number of nitrogens with one attached hydrogen (secondary N) is 1. The lowest BCUT2D eigenvalue weighted by atomic mass is 9.96. The van der Waals surface area contributed by atoms with Crippen molar-refractivity contribution in [1.29, 1.82) is 0 Å². The summed E-state index contributed by atoms with van der Waals surface area (Å²) in [6.45, 7) is 2.59. The first-order valence-corrected chi connectivity index (χ1v) is 10.7. The molecule has 4 heterocycles. The van der Waals surface area contributed by atoms with Crippen LogP contribution in [0.3, 0.4) is 0 Å². The van der Waals surface area contributed by atoms with Gasteiger partial charge >= 0.3 is 11.3 Å². The normalized spacial score (nSPS) is 16.6. The van der Waals surface area contributed by atoms with E-state index >= 15 is 0 Å². The third-order valence-corrected chi connectivity index (χ3v) is 6.50. The number of H-pyrrole nitrogens is 1. The number of rotatable bonds is 2. The van der Waals surface area contributed by atoms with Crippen LogP contribution in [-0.2, 0) is 14.1 Å². The number of likely N-dealkylation sites (tertiary alicyclic amines) is 1. The molecule has 1 saturated heterocycles. The fourth-order valence-electron chi connectivity index (χ4n) is 4.63. The molecule has 1 fully saturated rings. The van der Waals surface area contributed by atoms with Crippen LogP contribution in [0.4, 0.5) is 0 Å². The SMILES string of the molecule is Cc1c(C(=O)N2CCCC(c3nc4c([nH]3)c(=O)n(C)c(=O)n4C)C2)c(=O)oc2ccccc12. The van der Waals surface area contributed by atoms with Crippen molar-refractivity contribution < 1.29 is 9.21 Å². The standard InChI is InChI=1S/C23H23N5O5/c1-12-14-8-4-5-9-15(14)33-22(31)16(12)20(29)28-10-6-7-13(11-28)18-24-17-19(25-18)26(2)23(32)27(3)21(17)30/h4-5,8-9,13H,6-7,10-11H2,1-3H3,(H,24,25). The summed E-state index contributed by atoms with van der Waals surface area (Å²) >= 11 is 0. The number of para-hydroxylation sites is 1. The zero-order chi connectivity index (χ0) is 23.4. The van der Waals surface area contributed by atoms with Gasteiger partial charge in [0, 0.05) is 38.5 Å². The number of aryl methyl sites for hydroxylation is 2. The summed E-state index contributed by atoms with van der Waals surface area (Å²) in [6.07, 6.45) is 1.46. The molecule has 1 aromatic carbocycles. The van der Waals surface area contributed by atoms with Crippen LogP contribution >= 0.6 is 0 Å². The molecule has 4 aromatic rings. The maximum atomic E-state index is 13.4. The number of hydrogen-bond donors (Lipinski definition) is 1. The zero-order valence-corrected chi connectivity index (χ0v) is 18.5. The van der Waals surface area contributed by atoms with E-state index in [9.17, 15) is 19.2 Å². The first-order valence-electron chi connectivity index (χ1n) is 10.7. The van der Waals surface area contributed by atoms with Crippen molar-refractivity contribution in [1.82, 2.24) is 24.0 Å². The second-order valence-electron chi connectivity index (χ2n) is 8.50. The van der Waals surface area contributed by atoms with Crippen molar-refractivity contribution in [2.45, 2.75) is 25.7 Å². The molecule has 170 valence electrons. The number of benzene rings is 1. The van der Waals surface area contributed by atoms with Gasteiger partial charge in [0.05, 0.1) is 0 Å². The second-order valence-corrected chi connectivity index (χ2v) is 8.50. The summed E-state index contributed by atoms with van der Waals surface area (Å²) in [4.78, 5) is 60.0. The molecule has 10 heteroatoms. The summed E-state index contributed by atoms with van der Waals surface area (Å²) < 4.78 is 7.75. The number of fused-ring (bicyclic) bond motifs is 2. The lowest BCUT2D eigenvalue weighted by Crippen LogP contribution is -2.41. The van der Waals surface area contributed by atoms with Gasteiger partial charge in [0.2, 0.25) is 0 Å². The van der Waals surface area contributed by atoms with Crippen molar-refractivity contribution in [3.8, 4) is 0 Å². The molecule has 0 radical (unpaired) electrons. The van der Waals surface area contributed by atoms with Crippen molar-refractivity contribution in [3.05, 3.63) is 72.5 Å². The average molecular weight is 449 g/mol. The maximum absolute atomic E-state index is 13.4. The molecule has 10 nitrogen and oxygen atoms in total. The summed E-state index contributed by atoms with van der Waals surface area (Å²) in [7, 11) is 2.98. The molecular weight excluding hydrogens is 426 g/mol. The molecule has 1 N–H and O–H groups in total. The summed E-state index contributed by atoms with van der Waals surface area (Å²) in [5, 5.41) is 0.725. The van der Waals surface area contributed by atoms with E-state index in [1.807, 2.05) is 12.1 Å². The molecule has 3 aromatic heterocycles. The molecule has 1 aliphatic rings. The number of aromatic amines is 1. The molecule has 1 unspecified atom stereocenters. The fourth-order valence-corrected chi connectivity index (χ4v) is 4.63. The van der Waals surface area contributed by atoms with E-state index in [0.717, 1.165) is 16.4 Å². The average Bonchev–Trinajstić information content (AvgIpc) is 3.27. The van der Waals surface area contributed by atoms with E-state index in [-0.39, 0.29) is 28.6 Å². The number of amides is 1. The molecular formula is C23H23N5O5. The Bertz CT molecular complexity index is 1610. The second kappa shape index (κ2) is 7.58. The van der Waals surface area contributed by atoms with Crippen LogP contribution < -0.4 is 16.9 Å². The number of carbonyl (C=O) groups is 1.